The number of amides is 1. The number of benzene rings is 2. The molecule has 0 heterocycles. The van der Waals surface area contributed by atoms with Crippen LogP contribution in [-0.2, 0) is 21.0 Å². The number of hydrogen-bond acceptors (Lipinski definition) is 5. The number of hydrogen-bond donors (Lipinski definition) is 3. The highest BCUT2D eigenvalue weighted by Crippen LogP contribution is 2.29. The Morgan fingerprint density at radius 1 is 1.00 bits per heavy atom. The largest absolute Gasteiger partial charge is 0.482 e. The molecule has 1 amide bonds. The second-order valence-electron chi connectivity index (χ2n) is 5.29. The van der Waals surface area contributed by atoms with Crippen molar-refractivity contribution in [1.29, 1.82) is 0 Å². The predicted molar refractivity (Wildman–Crippen MR) is 88.8 cm³/mol. The van der Waals surface area contributed by atoms with Gasteiger partial charge in [-0.05, 0) is 48.5 Å². The van der Waals surface area contributed by atoms with Crippen molar-refractivity contribution in [3.05, 3.63) is 59.7 Å². The lowest BCUT2D eigenvalue weighted by molar-refractivity contribution is -0.139. The third kappa shape index (κ3) is 5.69. The lowest BCUT2D eigenvalue weighted by Gasteiger charge is -2.10. The second-order valence-corrected chi connectivity index (χ2v) is 6.97. The molecule has 0 bridgehead atoms. The average molecular weight is 418 g/mol. The number of hydrazine groups is 1. The quantitative estimate of drug-likeness (QED) is 0.590. The molecule has 0 atom stereocenters. The number of ether oxygens (including phenoxy) is 1. The van der Waals surface area contributed by atoms with Crippen LogP contribution in [0.4, 0.5) is 13.2 Å². The van der Waals surface area contributed by atoms with Gasteiger partial charge in [-0.25, -0.2) is 13.2 Å². The maximum Gasteiger partial charge on any atom is 0.416 e. The van der Waals surface area contributed by atoms with Crippen LogP contribution in [-0.4, -0.2) is 32.0 Å². The van der Waals surface area contributed by atoms with Crippen molar-refractivity contribution in [1.82, 2.24) is 10.3 Å². The van der Waals surface area contributed by atoms with E-state index in [9.17, 15) is 31.2 Å². The summed E-state index contributed by atoms with van der Waals surface area (Å²) >= 11 is 0. The highest BCUT2D eigenvalue weighted by molar-refractivity contribution is 7.89. The third-order valence-corrected chi connectivity index (χ3v) is 4.53. The Morgan fingerprint density at radius 2 is 1.57 bits per heavy atom. The molecule has 28 heavy (non-hydrogen) atoms. The Balaban J connectivity index is 2.00. The fourth-order valence-electron chi connectivity index (χ4n) is 1.92. The molecule has 2 aromatic rings. The molecule has 0 saturated heterocycles. The fourth-order valence-corrected chi connectivity index (χ4v) is 2.75. The van der Waals surface area contributed by atoms with Crippen LogP contribution in [0.3, 0.4) is 0 Å². The van der Waals surface area contributed by atoms with Crippen LogP contribution in [0.25, 0.3) is 0 Å². The smallest absolute Gasteiger partial charge is 0.416 e. The van der Waals surface area contributed by atoms with Gasteiger partial charge in [-0.3, -0.25) is 10.2 Å². The number of carbonyl (C=O) groups excluding carboxylic acids is 1. The fraction of sp³-hybridized carbons (Fsp3) is 0.125. The Hall–Kier alpha value is -3.12. The highest BCUT2D eigenvalue weighted by Gasteiger charge is 2.30. The molecular weight excluding hydrogens is 405 g/mol. The van der Waals surface area contributed by atoms with E-state index in [0.29, 0.717) is 12.1 Å². The number of rotatable bonds is 7. The molecule has 0 saturated carbocycles. The lowest BCUT2D eigenvalue weighted by atomic mass is 10.1. The van der Waals surface area contributed by atoms with Gasteiger partial charge in [-0.2, -0.15) is 13.2 Å². The van der Waals surface area contributed by atoms with Gasteiger partial charge in [0.1, 0.15) is 5.75 Å². The van der Waals surface area contributed by atoms with Crippen LogP contribution >= 0.6 is 0 Å². The SMILES string of the molecule is O=C(O)COc1ccc(S(=O)(=O)NNC(=O)c2ccc(C(F)(F)F)cc2)cc1. The van der Waals surface area contributed by atoms with E-state index in [4.69, 9.17) is 9.84 Å². The van der Waals surface area contributed by atoms with Gasteiger partial charge in [0.05, 0.1) is 10.5 Å². The normalized spacial score (nSPS) is 11.7. The molecule has 12 heteroatoms. The van der Waals surface area contributed by atoms with Crippen molar-refractivity contribution in [2.45, 2.75) is 11.1 Å². The first-order chi connectivity index (χ1) is 13.0. The molecule has 0 aliphatic heterocycles. The monoisotopic (exact) mass is 418 g/mol. The molecule has 0 aromatic heterocycles. The minimum atomic E-state index is -4.56. The molecule has 150 valence electrons. The molecule has 8 nitrogen and oxygen atoms in total. The minimum absolute atomic E-state index is 0.120. The summed E-state index contributed by atoms with van der Waals surface area (Å²) in [7, 11) is -4.18. The van der Waals surface area contributed by atoms with Gasteiger partial charge in [-0.15, -0.1) is 4.83 Å². The van der Waals surface area contributed by atoms with Gasteiger partial charge < -0.3 is 9.84 Å². The minimum Gasteiger partial charge on any atom is -0.482 e. The number of carboxylic acid groups (broad SMARTS) is 1. The Morgan fingerprint density at radius 3 is 2.07 bits per heavy atom. The van der Waals surface area contributed by atoms with Crippen LogP contribution in [0.1, 0.15) is 15.9 Å². The van der Waals surface area contributed by atoms with E-state index in [2.05, 4.69) is 0 Å². The third-order valence-electron chi connectivity index (χ3n) is 3.27. The van der Waals surface area contributed by atoms with Crippen molar-refractivity contribution in [2.24, 2.45) is 0 Å². The molecule has 0 unspecified atom stereocenters. The van der Waals surface area contributed by atoms with E-state index in [-0.39, 0.29) is 16.2 Å². The van der Waals surface area contributed by atoms with Gasteiger partial charge in [0, 0.05) is 5.56 Å². The molecule has 2 aromatic carbocycles. The molecule has 0 fully saturated rings. The number of carboxylic acids is 1. The van der Waals surface area contributed by atoms with Gasteiger partial charge in [0.15, 0.2) is 6.61 Å². The van der Waals surface area contributed by atoms with Crippen LogP contribution in [0.2, 0.25) is 0 Å². The molecule has 0 radical (unpaired) electrons. The summed E-state index contributed by atoms with van der Waals surface area (Å²) in [5.74, 6) is -2.04. The average Bonchev–Trinajstić information content (AvgIpc) is 2.64. The van der Waals surface area contributed by atoms with E-state index in [1.54, 1.807) is 4.83 Å². The van der Waals surface area contributed by atoms with Crippen molar-refractivity contribution in [3.8, 4) is 5.75 Å². The van der Waals surface area contributed by atoms with Crippen LogP contribution in [0.15, 0.2) is 53.4 Å². The summed E-state index contributed by atoms with van der Waals surface area (Å²) in [5.41, 5.74) is 0.747. The van der Waals surface area contributed by atoms with Crippen LogP contribution in [0.5, 0.6) is 5.75 Å². The van der Waals surface area contributed by atoms with Crippen molar-refractivity contribution in [3.63, 3.8) is 0 Å². The molecule has 3 N–H and O–H groups in total. The summed E-state index contributed by atoms with van der Waals surface area (Å²) < 4.78 is 66.6. The first-order valence-electron chi connectivity index (χ1n) is 7.43. The van der Waals surface area contributed by atoms with E-state index in [0.717, 1.165) is 24.3 Å². The van der Waals surface area contributed by atoms with E-state index >= 15 is 0 Å². The Labute approximate surface area is 157 Å². The predicted octanol–water partition coefficient (Wildman–Crippen LogP) is 1.79. The summed E-state index contributed by atoms with van der Waals surface area (Å²) in [6.45, 7) is -0.604. The lowest BCUT2D eigenvalue weighted by Crippen LogP contribution is -2.41. The van der Waals surface area contributed by atoms with E-state index < -0.39 is 40.2 Å². The zero-order valence-electron chi connectivity index (χ0n) is 13.9. The molecule has 0 aliphatic rings. The zero-order valence-corrected chi connectivity index (χ0v) is 14.7. The molecule has 0 aliphatic carbocycles. The van der Waals surface area contributed by atoms with E-state index in [1.807, 2.05) is 5.43 Å². The summed E-state index contributed by atoms with van der Waals surface area (Å²) in [6.07, 6.45) is -4.56. The van der Waals surface area contributed by atoms with Gasteiger partial charge in [0.2, 0.25) is 0 Å². The van der Waals surface area contributed by atoms with Crippen molar-refractivity contribution >= 4 is 21.9 Å². The summed E-state index contributed by atoms with van der Waals surface area (Å²) in [4.78, 5) is 23.8. The zero-order chi connectivity index (χ0) is 20.9. The summed E-state index contributed by atoms with van der Waals surface area (Å²) in [5, 5.41) is 8.50. The Bertz CT molecular complexity index is 957. The Kier molecular flexibility index (Phi) is 6.26. The second kappa shape index (κ2) is 8.27. The van der Waals surface area contributed by atoms with Crippen LogP contribution < -0.4 is 15.0 Å². The first kappa shape index (κ1) is 21.2. The van der Waals surface area contributed by atoms with Crippen molar-refractivity contribution in [2.75, 3.05) is 6.61 Å². The molecular formula is C16H13F3N2O6S. The van der Waals surface area contributed by atoms with Gasteiger partial charge >= 0.3 is 12.1 Å². The maximum absolute atomic E-state index is 12.5. The number of carbonyl (C=O) groups is 2. The number of aliphatic carboxylic acids is 1. The number of alkyl halides is 3. The number of sulfonamides is 1. The number of nitrogens with one attached hydrogen (secondary N) is 2. The van der Waals surface area contributed by atoms with E-state index in [1.165, 1.54) is 12.1 Å². The highest BCUT2D eigenvalue weighted by atomic mass is 32.2. The van der Waals surface area contributed by atoms with Crippen LogP contribution in [0, 0.1) is 0 Å². The van der Waals surface area contributed by atoms with Gasteiger partial charge in [0.25, 0.3) is 15.9 Å². The number of halogens is 3. The molecule has 2 rings (SSSR count). The van der Waals surface area contributed by atoms with Crippen molar-refractivity contribution < 1.29 is 41.0 Å². The van der Waals surface area contributed by atoms with Gasteiger partial charge in [-0.1, -0.05) is 0 Å². The topological polar surface area (TPSA) is 122 Å². The standard InChI is InChI=1S/C16H13F3N2O6S/c17-16(18,19)11-3-1-10(2-4-11)15(24)20-21-28(25,26)13-7-5-12(6-8-13)27-9-14(22)23/h1-8,21H,9H2,(H,20,24)(H,22,23). The first-order valence-corrected chi connectivity index (χ1v) is 8.91. The maximum atomic E-state index is 12.5. The molecule has 0 spiro atoms. The summed E-state index contributed by atoms with van der Waals surface area (Å²) in [6, 6.07) is 7.86.